The molecular weight excluding hydrogens is 1470 g/mol. The van der Waals surface area contributed by atoms with Crippen LogP contribution in [0, 0.1) is 0 Å². The van der Waals surface area contributed by atoms with Gasteiger partial charge < -0.3 is 92.7 Å². The zero-order valence-corrected chi connectivity index (χ0v) is 66.6. The van der Waals surface area contributed by atoms with E-state index in [1.165, 1.54) is 45.9 Å². The molecule has 0 spiro atoms. The number of alkyl carbamates (subject to hydrolysis) is 3. The SMILES string of the molecule is CC(C)(C)OC(=O)NCC1OCCc2c(-c3ccon3)cccc21.CC(C)(C)OC(=O)NC[C@@H]1OCCc2c(-c3ccon3)cccc21.CC(C)(C)OC(=O)NC[C@H]1OCCc2c(-c3ccon3)cccc21.CCOC(C)=O.Cl.NC[C@@H]1OCCc2c(-c3ccon3)cccc21.NC[C@H]1OCCc2c(-c3ccon3)cccc21. The van der Waals surface area contributed by atoms with E-state index in [-0.39, 0.29) is 48.9 Å². The molecule has 0 radical (unpaired) electrons. The molecule has 0 fully saturated rings. The Morgan fingerprint density at radius 2 is 0.593 bits per heavy atom. The van der Waals surface area contributed by atoms with Gasteiger partial charge in [-0.05, 0) is 157 Å². The third kappa shape index (κ3) is 24.7. The Labute approximate surface area is 663 Å². The summed E-state index contributed by atoms with van der Waals surface area (Å²) in [4.78, 5) is 45.4. The van der Waals surface area contributed by atoms with E-state index >= 15 is 0 Å². The van der Waals surface area contributed by atoms with Gasteiger partial charge >= 0.3 is 24.2 Å². The second-order valence-electron chi connectivity index (χ2n) is 29.4. The fourth-order valence-corrected chi connectivity index (χ4v) is 13.4. The lowest BCUT2D eigenvalue weighted by molar-refractivity contribution is -0.140. The van der Waals surface area contributed by atoms with Gasteiger partial charge in [-0.25, -0.2) is 14.4 Å². The van der Waals surface area contributed by atoms with Crippen molar-refractivity contribution in [1.82, 2.24) is 41.7 Å². The number of amides is 3. The molecule has 10 heterocycles. The predicted molar refractivity (Wildman–Crippen MR) is 422 cm³/mol. The van der Waals surface area contributed by atoms with Gasteiger partial charge in [0.2, 0.25) is 0 Å². The van der Waals surface area contributed by atoms with E-state index in [4.69, 9.17) is 72.0 Å². The quantitative estimate of drug-likeness (QED) is 0.0498. The summed E-state index contributed by atoms with van der Waals surface area (Å²) in [7, 11) is 0. The van der Waals surface area contributed by atoms with E-state index < -0.39 is 35.1 Å². The first kappa shape index (κ1) is 86.4. The number of nitrogens with zero attached hydrogens (tertiary/aromatic N) is 5. The lowest BCUT2D eigenvalue weighted by atomic mass is 9.91. The van der Waals surface area contributed by atoms with Gasteiger partial charge in [-0.1, -0.05) is 117 Å². The van der Waals surface area contributed by atoms with Crippen molar-refractivity contribution in [3.63, 3.8) is 0 Å². The average molecular weight is 1580 g/mol. The number of halogens is 1. The molecule has 0 saturated carbocycles. The minimum Gasteiger partial charge on any atom is -0.466 e. The van der Waals surface area contributed by atoms with Crippen LogP contribution in [0.5, 0.6) is 0 Å². The van der Waals surface area contributed by atoms with E-state index in [9.17, 15) is 19.2 Å². The normalized spacial score (nSPS) is 17.1. The first-order valence-corrected chi connectivity index (χ1v) is 37.5. The first-order valence-electron chi connectivity index (χ1n) is 37.5. The van der Waals surface area contributed by atoms with Crippen LogP contribution >= 0.6 is 12.4 Å². The van der Waals surface area contributed by atoms with E-state index in [0.29, 0.717) is 72.4 Å². The largest absolute Gasteiger partial charge is 0.466 e. The molecule has 1 unspecified atom stereocenters. The number of fused-ring (bicyclic) bond motifs is 5. The van der Waals surface area contributed by atoms with Crippen molar-refractivity contribution in [2.45, 2.75) is 156 Å². The van der Waals surface area contributed by atoms with Crippen LogP contribution in [-0.4, -0.2) is 139 Å². The molecule has 5 aliphatic heterocycles. The number of esters is 1. The van der Waals surface area contributed by atoms with Crippen LogP contribution in [-0.2, 0) is 79.5 Å². The molecule has 5 aliphatic rings. The maximum absolute atomic E-state index is 11.9. The third-order valence-electron chi connectivity index (χ3n) is 18.0. The summed E-state index contributed by atoms with van der Waals surface area (Å²) >= 11 is 0. The molecule has 29 heteroatoms. The molecule has 5 aromatic heterocycles. The molecule has 28 nitrogen and oxygen atoms in total. The Hall–Kier alpha value is -10.6. The maximum Gasteiger partial charge on any atom is 0.407 e. The molecule has 5 atom stereocenters. The van der Waals surface area contributed by atoms with E-state index in [1.54, 1.807) is 38.2 Å². The van der Waals surface area contributed by atoms with Crippen molar-refractivity contribution >= 4 is 36.7 Å². The van der Waals surface area contributed by atoms with Crippen molar-refractivity contribution in [1.29, 1.82) is 0 Å². The van der Waals surface area contributed by atoms with E-state index in [2.05, 4.69) is 70.7 Å². The van der Waals surface area contributed by atoms with Crippen LogP contribution in [0.15, 0.2) is 175 Å². The minimum absolute atomic E-state index is 0. The molecular formula is C84H103ClN10O18. The zero-order valence-electron chi connectivity index (χ0n) is 65.8. The molecule has 15 rings (SSSR count). The standard InChI is InChI=1S/3C18H22N2O4.2C13H14N2O2.C4H8O2.ClH/c3*1-18(2,3)24-17(21)19-11-16-14-6-4-5-13(12(14)7-9-22-16)15-8-10-23-20-15;2*14-8-13-11-3-1-2-10(9(11)4-6-16-13)12-5-7-17-15-12;1-3-6-4(2)5;/h3*4-6,8,10,16H,7,9,11H2,1-3H3,(H,19,21);2*1-3,5,7,13H,4,6,8,14H2;3H2,1-2H3;1H/t2*16-;;2*13-;;/m10.10../s1. The number of nitrogens with one attached hydrogen (secondary N) is 3. The second-order valence-corrected chi connectivity index (χ2v) is 29.4. The number of benzene rings is 5. The van der Waals surface area contributed by atoms with Crippen LogP contribution < -0.4 is 27.4 Å². The van der Waals surface area contributed by atoms with Gasteiger partial charge in [0.05, 0.1) is 71.5 Å². The monoisotopic (exact) mass is 1570 g/mol. The molecule has 3 amide bonds. The number of rotatable bonds is 14. The smallest absolute Gasteiger partial charge is 0.407 e. The highest BCUT2D eigenvalue weighted by Gasteiger charge is 2.31. The molecule has 10 aromatic rings. The summed E-state index contributed by atoms with van der Waals surface area (Å²) in [6.45, 7) is 25.5. The summed E-state index contributed by atoms with van der Waals surface area (Å²) in [5, 5.41) is 28.4. The number of aromatic nitrogens is 5. The fraction of sp³-hybridized carbons (Fsp3) is 0.417. The van der Waals surface area contributed by atoms with Crippen molar-refractivity contribution in [3.05, 3.63) is 208 Å². The topological polar surface area (TPSA) is 370 Å². The van der Waals surface area contributed by atoms with Crippen molar-refractivity contribution in [3.8, 4) is 56.3 Å². The van der Waals surface area contributed by atoms with E-state index in [1.807, 2.05) is 159 Å². The Balaban J connectivity index is 0.000000160. The Morgan fingerprint density at radius 3 is 0.770 bits per heavy atom. The summed E-state index contributed by atoms with van der Waals surface area (Å²) in [6, 6.07) is 39.7. The number of nitrogens with two attached hydrogens (primary N) is 2. The average Bonchev–Trinajstić information content (AvgIpc) is 1.73. The van der Waals surface area contributed by atoms with Crippen LogP contribution in [0.3, 0.4) is 0 Å². The van der Waals surface area contributed by atoms with Crippen LogP contribution in [0.25, 0.3) is 56.3 Å². The zero-order chi connectivity index (χ0) is 79.8. The predicted octanol–water partition coefficient (Wildman–Crippen LogP) is 15.3. The number of ether oxygens (including phenoxy) is 9. The van der Waals surface area contributed by atoms with Gasteiger partial charge in [0, 0.05) is 78.2 Å². The second kappa shape index (κ2) is 41.3. The van der Waals surface area contributed by atoms with Crippen LogP contribution in [0.1, 0.15) is 162 Å². The number of carbonyl (C=O) groups excluding carboxylic acids is 4. The van der Waals surface area contributed by atoms with Gasteiger partial charge in [0.1, 0.15) is 94.9 Å². The summed E-state index contributed by atoms with van der Waals surface area (Å²) in [6.07, 6.45) is 10.2. The van der Waals surface area contributed by atoms with Gasteiger partial charge in [-0.2, -0.15) is 0 Å². The summed E-state index contributed by atoms with van der Waals surface area (Å²) < 4.78 is 73.7. The van der Waals surface area contributed by atoms with E-state index in [0.717, 1.165) is 105 Å². The number of hydrogen-bond acceptors (Lipinski definition) is 25. The Kier molecular flexibility index (Phi) is 31.6. The van der Waals surface area contributed by atoms with Crippen LogP contribution in [0.4, 0.5) is 14.4 Å². The Morgan fingerprint density at radius 1 is 0.372 bits per heavy atom. The number of hydrogen-bond donors (Lipinski definition) is 5. The molecule has 5 aromatic carbocycles. The highest BCUT2D eigenvalue weighted by Crippen LogP contribution is 2.39. The summed E-state index contributed by atoms with van der Waals surface area (Å²) in [5.74, 6) is -0.211. The Bertz CT molecular complexity index is 4210. The molecule has 0 aliphatic carbocycles. The van der Waals surface area contributed by atoms with Gasteiger partial charge in [-0.3, -0.25) is 4.79 Å². The van der Waals surface area contributed by atoms with Gasteiger partial charge in [-0.15, -0.1) is 12.4 Å². The van der Waals surface area contributed by atoms with Crippen molar-refractivity contribution < 1.29 is 84.4 Å². The molecule has 113 heavy (non-hydrogen) atoms. The highest BCUT2D eigenvalue weighted by atomic mass is 35.5. The lowest BCUT2D eigenvalue weighted by Crippen LogP contribution is -2.36. The first-order chi connectivity index (χ1) is 53.9. The molecule has 604 valence electrons. The maximum atomic E-state index is 11.9. The van der Waals surface area contributed by atoms with Crippen LogP contribution in [0.2, 0.25) is 0 Å². The molecule has 7 N–H and O–H groups in total. The lowest BCUT2D eigenvalue weighted by Gasteiger charge is -2.28. The fourth-order valence-electron chi connectivity index (χ4n) is 13.4. The van der Waals surface area contributed by atoms with Gasteiger partial charge in [0.25, 0.3) is 0 Å². The number of carbonyl (C=O) groups is 4. The van der Waals surface area contributed by atoms with Gasteiger partial charge in [0.15, 0.2) is 0 Å². The molecule has 0 bridgehead atoms. The minimum atomic E-state index is -0.518. The van der Waals surface area contributed by atoms with Crippen molar-refractivity contribution in [2.24, 2.45) is 11.5 Å². The highest BCUT2D eigenvalue weighted by molar-refractivity contribution is 5.85. The third-order valence-corrected chi connectivity index (χ3v) is 18.0. The molecule has 0 saturated heterocycles. The van der Waals surface area contributed by atoms with Crippen molar-refractivity contribution in [2.75, 3.05) is 72.4 Å². The summed E-state index contributed by atoms with van der Waals surface area (Å²) in [5.41, 5.74) is 31.2.